The van der Waals surface area contributed by atoms with E-state index in [-0.39, 0.29) is 0 Å². The molecule has 1 N–H and O–H groups in total. The predicted molar refractivity (Wildman–Crippen MR) is 37.2 cm³/mol. The summed E-state index contributed by atoms with van der Waals surface area (Å²) in [7, 11) is 2.63. The molecule has 0 radical (unpaired) electrons. The Balaban J connectivity index is 4.57. The van der Waals surface area contributed by atoms with Crippen molar-refractivity contribution < 1.29 is 14.5 Å². The van der Waals surface area contributed by atoms with E-state index in [1.54, 1.807) is 0 Å². The maximum atomic E-state index is 11.1. The summed E-state index contributed by atoms with van der Waals surface area (Å²) in [6.45, 7) is 2.81. The van der Waals surface area contributed by atoms with Gasteiger partial charge in [-0.2, -0.15) is 0 Å². The minimum atomic E-state index is -1.26. The van der Waals surface area contributed by atoms with Gasteiger partial charge < -0.3 is 15.0 Å². The number of quaternary nitrogens is 1. The van der Waals surface area contributed by atoms with Gasteiger partial charge in [0.1, 0.15) is 0 Å². The Hall–Kier alpha value is -0.610. The molecule has 0 aliphatic heterocycles. The molecule has 0 aliphatic carbocycles. The van der Waals surface area contributed by atoms with Crippen LogP contribution in [0.25, 0.3) is 0 Å². The van der Waals surface area contributed by atoms with Crippen LogP contribution in [0.2, 0.25) is 0 Å². The zero-order chi connectivity index (χ0) is 8.58. The van der Waals surface area contributed by atoms with E-state index in [9.17, 15) is 10.0 Å². The Morgan fingerprint density at radius 2 is 1.80 bits per heavy atom. The van der Waals surface area contributed by atoms with Gasteiger partial charge in [-0.25, -0.2) is 4.79 Å². The lowest BCUT2D eigenvalue weighted by atomic mass is 10.0. The Morgan fingerprint density at radius 1 is 1.50 bits per heavy atom. The Labute approximate surface area is 60.2 Å². The van der Waals surface area contributed by atoms with Gasteiger partial charge in [0.05, 0.1) is 14.1 Å². The van der Waals surface area contributed by atoms with Gasteiger partial charge in [0, 0.05) is 13.8 Å². The second kappa shape index (κ2) is 2.21. The van der Waals surface area contributed by atoms with Crippen LogP contribution in [0.1, 0.15) is 13.8 Å². The van der Waals surface area contributed by atoms with Crippen molar-refractivity contribution >= 4 is 5.97 Å². The summed E-state index contributed by atoms with van der Waals surface area (Å²) in [6, 6.07) is 0. The normalized spacial score (nSPS) is 13.3. The van der Waals surface area contributed by atoms with Crippen molar-refractivity contribution in [3.8, 4) is 0 Å². The smallest absolute Gasteiger partial charge is 0.365 e. The summed E-state index contributed by atoms with van der Waals surface area (Å²) in [6.07, 6.45) is 0. The Morgan fingerprint density at radius 3 is 1.80 bits per heavy atom. The lowest BCUT2D eigenvalue weighted by Gasteiger charge is -2.45. The molecular formula is C6H13NO3. The minimum absolute atomic E-state index is 0.817. The quantitative estimate of drug-likeness (QED) is 0.455. The first-order valence-corrected chi connectivity index (χ1v) is 2.98. The Kier molecular flexibility index (Phi) is 2.08. The van der Waals surface area contributed by atoms with Gasteiger partial charge in [0.15, 0.2) is 5.54 Å². The number of likely N-dealkylation sites (N-methyl/N-ethyl adjacent to an activating group) is 1. The van der Waals surface area contributed by atoms with Crippen molar-refractivity contribution in [2.24, 2.45) is 0 Å². The van der Waals surface area contributed by atoms with Crippen LogP contribution in [0.15, 0.2) is 0 Å². The number of nitrogens with zero attached hydrogens (tertiary/aromatic N) is 1. The number of hydroxylamine groups is 3. The maximum absolute atomic E-state index is 11.1. The van der Waals surface area contributed by atoms with E-state index in [2.05, 4.69) is 0 Å². The Bertz CT molecular complexity index is 146. The van der Waals surface area contributed by atoms with E-state index in [1.165, 1.54) is 27.9 Å². The van der Waals surface area contributed by atoms with Gasteiger partial charge in [-0.3, -0.25) is 0 Å². The number of carbonyl (C=O) groups is 1. The second-order valence-corrected chi connectivity index (χ2v) is 3.22. The van der Waals surface area contributed by atoms with Gasteiger partial charge in [0.25, 0.3) is 0 Å². The average Bonchev–Trinajstić information content (AvgIpc) is 1.62. The topological polar surface area (TPSA) is 60.4 Å². The van der Waals surface area contributed by atoms with E-state index in [1.807, 2.05) is 0 Å². The summed E-state index contributed by atoms with van der Waals surface area (Å²) in [5, 5.41) is 19.7. The first kappa shape index (κ1) is 9.39. The van der Waals surface area contributed by atoms with E-state index < -0.39 is 16.2 Å². The van der Waals surface area contributed by atoms with Crippen LogP contribution in [0.3, 0.4) is 0 Å². The molecule has 60 valence electrons. The molecule has 0 aromatic heterocycles. The maximum Gasteiger partial charge on any atom is 0.365 e. The van der Waals surface area contributed by atoms with Crippen molar-refractivity contribution in [3.05, 3.63) is 5.21 Å². The van der Waals surface area contributed by atoms with Crippen LogP contribution in [0.5, 0.6) is 0 Å². The molecule has 0 amide bonds. The van der Waals surface area contributed by atoms with E-state index in [0.717, 1.165) is 0 Å². The van der Waals surface area contributed by atoms with Crippen LogP contribution < -0.4 is 0 Å². The highest BCUT2D eigenvalue weighted by Crippen LogP contribution is 2.17. The minimum Gasteiger partial charge on any atom is -0.632 e. The lowest BCUT2D eigenvalue weighted by molar-refractivity contribution is -0.880. The summed E-state index contributed by atoms with van der Waals surface area (Å²) >= 11 is 0. The molecule has 10 heavy (non-hydrogen) atoms. The highest BCUT2D eigenvalue weighted by Gasteiger charge is 2.38. The van der Waals surface area contributed by atoms with Crippen molar-refractivity contribution in [1.82, 2.24) is 0 Å². The third-order valence-electron chi connectivity index (χ3n) is 1.87. The van der Waals surface area contributed by atoms with Crippen molar-refractivity contribution in [3.63, 3.8) is 0 Å². The van der Waals surface area contributed by atoms with E-state index in [0.29, 0.717) is 0 Å². The molecule has 4 heteroatoms. The van der Waals surface area contributed by atoms with Gasteiger partial charge in [-0.1, -0.05) is 0 Å². The molecule has 0 atom stereocenters. The molecule has 0 unspecified atom stereocenters. The van der Waals surface area contributed by atoms with Crippen LogP contribution in [0, 0.1) is 5.21 Å². The molecule has 4 nitrogen and oxygen atoms in total. The molecule has 0 bridgehead atoms. The summed E-state index contributed by atoms with van der Waals surface area (Å²) < 4.78 is -0.817. The zero-order valence-corrected chi connectivity index (χ0v) is 6.71. The molecule has 0 saturated carbocycles. The number of aliphatic carboxylic acids is 1. The van der Waals surface area contributed by atoms with Crippen LogP contribution in [0.4, 0.5) is 0 Å². The van der Waals surface area contributed by atoms with Gasteiger partial charge >= 0.3 is 5.97 Å². The van der Waals surface area contributed by atoms with E-state index in [4.69, 9.17) is 5.11 Å². The second-order valence-electron chi connectivity index (χ2n) is 3.22. The standard InChI is InChI=1S/C6H13NO3/c1-6(2,5(8)9)7(3,4)10/h1-4H3,(H,8,9). The number of hydrogen-bond donors (Lipinski definition) is 1. The van der Waals surface area contributed by atoms with Crippen molar-refractivity contribution in [2.45, 2.75) is 19.4 Å². The molecule has 0 saturated heterocycles. The molecular weight excluding hydrogens is 134 g/mol. The summed E-state index contributed by atoms with van der Waals surface area (Å²) in [4.78, 5) is 10.5. The number of hydrogen-bond acceptors (Lipinski definition) is 2. The predicted octanol–water partition coefficient (Wildman–Crippen LogP) is 0.424. The fourth-order valence-corrected chi connectivity index (χ4v) is 0.230. The van der Waals surface area contributed by atoms with Crippen LogP contribution >= 0.6 is 0 Å². The fourth-order valence-electron chi connectivity index (χ4n) is 0.230. The molecule has 0 aromatic rings. The van der Waals surface area contributed by atoms with Gasteiger partial charge in [0.2, 0.25) is 0 Å². The first-order valence-electron chi connectivity index (χ1n) is 2.98. The molecule has 0 spiro atoms. The third-order valence-corrected chi connectivity index (χ3v) is 1.87. The number of carboxylic acids is 1. The molecule has 0 aromatic carbocycles. The van der Waals surface area contributed by atoms with Gasteiger partial charge in [-0.05, 0) is 0 Å². The fraction of sp³-hybridized carbons (Fsp3) is 0.833. The highest BCUT2D eigenvalue weighted by atomic mass is 16.6. The summed E-state index contributed by atoms with van der Waals surface area (Å²) in [5.74, 6) is -1.08. The lowest BCUT2D eigenvalue weighted by Crippen LogP contribution is -2.56. The first-order chi connectivity index (χ1) is 4.19. The van der Waals surface area contributed by atoms with Crippen LogP contribution in [-0.2, 0) is 4.79 Å². The number of carboxylic acid groups (broad SMARTS) is 1. The highest BCUT2D eigenvalue weighted by molar-refractivity contribution is 5.76. The molecule has 0 fully saturated rings. The van der Waals surface area contributed by atoms with Gasteiger partial charge in [-0.15, -0.1) is 0 Å². The largest absolute Gasteiger partial charge is 0.632 e. The van der Waals surface area contributed by atoms with Crippen molar-refractivity contribution in [2.75, 3.05) is 14.1 Å². The molecule has 0 heterocycles. The number of rotatable bonds is 2. The summed E-state index contributed by atoms with van der Waals surface area (Å²) in [5.41, 5.74) is -1.26. The monoisotopic (exact) mass is 147 g/mol. The third kappa shape index (κ3) is 1.46. The SMILES string of the molecule is CC(C)(C(=O)O)[N+](C)(C)[O-]. The average molecular weight is 147 g/mol. The zero-order valence-electron chi connectivity index (χ0n) is 6.71. The van der Waals surface area contributed by atoms with Crippen molar-refractivity contribution in [1.29, 1.82) is 0 Å². The molecule has 0 aliphatic rings. The van der Waals surface area contributed by atoms with E-state index >= 15 is 0 Å². The van der Waals surface area contributed by atoms with Crippen LogP contribution in [-0.4, -0.2) is 35.4 Å². The molecule has 0 rings (SSSR count).